The van der Waals surface area contributed by atoms with Crippen molar-refractivity contribution in [3.05, 3.63) is 34.9 Å². The second kappa shape index (κ2) is 6.66. The summed E-state index contributed by atoms with van der Waals surface area (Å²) in [6, 6.07) is 7.21. The molecule has 90 valence electrons. The Kier molecular flexibility index (Phi) is 5.18. The van der Waals surface area contributed by atoms with Gasteiger partial charge in [-0.05, 0) is 30.5 Å². The number of aliphatic hydroxyl groups is 1. The van der Waals surface area contributed by atoms with Gasteiger partial charge in [0.15, 0.2) is 0 Å². The molecule has 0 heterocycles. The van der Waals surface area contributed by atoms with Gasteiger partial charge in [-0.2, -0.15) is 5.26 Å². The van der Waals surface area contributed by atoms with Crippen molar-refractivity contribution in [1.82, 2.24) is 0 Å². The van der Waals surface area contributed by atoms with Gasteiger partial charge in [0.1, 0.15) is 0 Å². The predicted octanol–water partition coefficient (Wildman–Crippen LogP) is 1.81. The highest BCUT2D eigenvalue weighted by Gasteiger charge is 2.12. The maximum absolute atomic E-state index is 11.6. The second-order valence-corrected chi connectivity index (χ2v) is 3.53. The van der Waals surface area contributed by atoms with Gasteiger partial charge < -0.3 is 9.84 Å². The highest BCUT2D eigenvalue weighted by molar-refractivity contribution is 5.91. The van der Waals surface area contributed by atoms with E-state index < -0.39 is 5.97 Å². The van der Waals surface area contributed by atoms with E-state index in [1.807, 2.05) is 0 Å². The molecule has 0 fully saturated rings. The molecule has 4 heteroatoms. The van der Waals surface area contributed by atoms with Crippen LogP contribution in [0.5, 0.6) is 0 Å². The molecule has 0 bridgehead atoms. The molecular formula is C13H15NO3. The summed E-state index contributed by atoms with van der Waals surface area (Å²) >= 11 is 0. The van der Waals surface area contributed by atoms with E-state index >= 15 is 0 Å². The Balaban J connectivity index is 2.93. The van der Waals surface area contributed by atoms with Crippen LogP contribution < -0.4 is 0 Å². The van der Waals surface area contributed by atoms with Crippen molar-refractivity contribution in [2.75, 3.05) is 6.61 Å². The lowest BCUT2D eigenvalue weighted by Gasteiger charge is -2.08. The van der Waals surface area contributed by atoms with Gasteiger partial charge in [-0.25, -0.2) is 4.79 Å². The molecule has 17 heavy (non-hydrogen) atoms. The average Bonchev–Trinajstić information content (AvgIpc) is 2.36. The number of benzene rings is 1. The first-order valence-electron chi connectivity index (χ1n) is 5.49. The third-order valence-corrected chi connectivity index (χ3v) is 2.36. The number of carbonyl (C=O) groups is 1. The van der Waals surface area contributed by atoms with Gasteiger partial charge in [0.05, 0.1) is 24.8 Å². The standard InChI is InChI=1S/C13H15NO3/c1-2-17-13(16)12-6-5-10(4-3-7-14)8-11(12)9-15/h5-6,8,15H,2-4,9H2,1H3. The lowest BCUT2D eigenvalue weighted by atomic mass is 10.0. The number of nitrogens with zero attached hydrogens (tertiary/aromatic N) is 1. The molecule has 0 radical (unpaired) electrons. The van der Waals surface area contributed by atoms with Crippen LogP contribution in [0, 0.1) is 11.3 Å². The molecule has 0 spiro atoms. The van der Waals surface area contributed by atoms with Gasteiger partial charge in [-0.3, -0.25) is 0 Å². The molecule has 0 aliphatic heterocycles. The third kappa shape index (κ3) is 3.58. The largest absolute Gasteiger partial charge is 0.462 e. The topological polar surface area (TPSA) is 70.3 Å². The first-order valence-corrected chi connectivity index (χ1v) is 5.49. The van der Waals surface area contributed by atoms with E-state index in [1.54, 1.807) is 25.1 Å². The summed E-state index contributed by atoms with van der Waals surface area (Å²) < 4.78 is 4.89. The first-order chi connectivity index (χ1) is 8.22. The molecule has 0 saturated carbocycles. The molecule has 0 aliphatic carbocycles. The molecule has 0 unspecified atom stereocenters. The Bertz CT molecular complexity index is 435. The monoisotopic (exact) mass is 233 g/mol. The van der Waals surface area contributed by atoms with Gasteiger partial charge in [0, 0.05) is 6.42 Å². The van der Waals surface area contributed by atoms with Crippen LogP contribution in [0.15, 0.2) is 18.2 Å². The lowest BCUT2D eigenvalue weighted by molar-refractivity contribution is 0.0523. The van der Waals surface area contributed by atoms with Gasteiger partial charge >= 0.3 is 5.97 Å². The number of ether oxygens (including phenoxy) is 1. The van der Waals surface area contributed by atoms with Crippen molar-refractivity contribution < 1.29 is 14.6 Å². The summed E-state index contributed by atoms with van der Waals surface area (Å²) in [6.45, 7) is 1.83. The number of hydrogen-bond acceptors (Lipinski definition) is 4. The molecule has 1 aromatic carbocycles. The normalized spacial score (nSPS) is 9.71. The van der Waals surface area contributed by atoms with Crippen LogP contribution in [0.3, 0.4) is 0 Å². The molecule has 0 saturated heterocycles. The van der Waals surface area contributed by atoms with Gasteiger partial charge in [0.25, 0.3) is 0 Å². The van der Waals surface area contributed by atoms with Gasteiger partial charge in [-0.15, -0.1) is 0 Å². The van der Waals surface area contributed by atoms with Crippen LogP contribution in [0.1, 0.15) is 34.8 Å². The predicted molar refractivity (Wildman–Crippen MR) is 62.3 cm³/mol. The summed E-state index contributed by atoms with van der Waals surface area (Å²) in [5, 5.41) is 17.7. The highest BCUT2D eigenvalue weighted by atomic mass is 16.5. The van der Waals surface area contributed by atoms with Crippen molar-refractivity contribution >= 4 is 5.97 Å². The van der Waals surface area contributed by atoms with Crippen molar-refractivity contribution in [2.45, 2.75) is 26.4 Å². The Labute approximate surface area is 100 Å². The number of hydrogen-bond donors (Lipinski definition) is 1. The van der Waals surface area contributed by atoms with Crippen molar-refractivity contribution in [3.63, 3.8) is 0 Å². The van der Waals surface area contributed by atoms with Crippen molar-refractivity contribution in [3.8, 4) is 6.07 Å². The van der Waals surface area contributed by atoms with Crippen molar-refractivity contribution in [2.24, 2.45) is 0 Å². The zero-order valence-corrected chi connectivity index (χ0v) is 9.77. The molecule has 1 rings (SSSR count). The molecule has 1 aromatic rings. The Morgan fingerprint density at radius 2 is 2.29 bits per heavy atom. The third-order valence-electron chi connectivity index (χ3n) is 2.36. The van der Waals surface area contributed by atoms with E-state index in [1.165, 1.54) is 0 Å². The fourth-order valence-corrected chi connectivity index (χ4v) is 1.54. The highest BCUT2D eigenvalue weighted by Crippen LogP contribution is 2.15. The fourth-order valence-electron chi connectivity index (χ4n) is 1.54. The summed E-state index contributed by atoms with van der Waals surface area (Å²) in [5.74, 6) is -0.427. The molecule has 0 aromatic heterocycles. The molecule has 0 amide bonds. The Morgan fingerprint density at radius 3 is 2.88 bits per heavy atom. The number of carbonyl (C=O) groups excluding carboxylic acids is 1. The van der Waals surface area contributed by atoms with Crippen LogP contribution in [0.25, 0.3) is 0 Å². The molecule has 0 aliphatic rings. The minimum absolute atomic E-state index is 0.214. The molecule has 4 nitrogen and oxygen atoms in total. The average molecular weight is 233 g/mol. The van der Waals surface area contributed by atoms with E-state index in [9.17, 15) is 9.90 Å². The van der Waals surface area contributed by atoms with Crippen LogP contribution >= 0.6 is 0 Å². The lowest BCUT2D eigenvalue weighted by Crippen LogP contribution is -2.08. The SMILES string of the molecule is CCOC(=O)c1ccc(CCC#N)cc1CO. The van der Waals surface area contributed by atoms with Gasteiger partial charge in [-0.1, -0.05) is 12.1 Å². The van der Waals surface area contributed by atoms with Gasteiger partial charge in [0.2, 0.25) is 0 Å². The van der Waals surface area contributed by atoms with Crippen molar-refractivity contribution in [1.29, 1.82) is 5.26 Å². The van der Waals surface area contributed by atoms with Crippen LogP contribution in [0.2, 0.25) is 0 Å². The quantitative estimate of drug-likeness (QED) is 0.787. The zero-order chi connectivity index (χ0) is 12.7. The fraction of sp³-hybridized carbons (Fsp3) is 0.385. The minimum atomic E-state index is -0.427. The Morgan fingerprint density at radius 1 is 1.53 bits per heavy atom. The number of rotatable bonds is 5. The van der Waals surface area contributed by atoms with E-state index in [-0.39, 0.29) is 6.61 Å². The molecule has 0 atom stereocenters. The zero-order valence-electron chi connectivity index (χ0n) is 9.77. The van der Waals surface area contributed by atoms with E-state index in [2.05, 4.69) is 6.07 Å². The number of esters is 1. The summed E-state index contributed by atoms with van der Waals surface area (Å²) in [6.07, 6.45) is 1.04. The molecule has 1 N–H and O–H groups in total. The van der Waals surface area contributed by atoms with Crippen LogP contribution in [-0.2, 0) is 17.8 Å². The Hall–Kier alpha value is -1.86. The summed E-state index contributed by atoms with van der Waals surface area (Å²) in [4.78, 5) is 11.6. The second-order valence-electron chi connectivity index (χ2n) is 3.53. The van der Waals surface area contributed by atoms with Crippen LogP contribution in [0.4, 0.5) is 0 Å². The van der Waals surface area contributed by atoms with E-state index in [0.717, 1.165) is 5.56 Å². The summed E-state index contributed by atoms with van der Waals surface area (Å²) in [5.41, 5.74) is 1.86. The molecular weight excluding hydrogens is 218 g/mol. The van der Waals surface area contributed by atoms with Crippen LogP contribution in [-0.4, -0.2) is 17.7 Å². The first kappa shape index (κ1) is 13.2. The number of nitriles is 1. The maximum Gasteiger partial charge on any atom is 0.338 e. The number of aryl methyl sites for hydroxylation is 1. The summed E-state index contributed by atoms with van der Waals surface area (Å²) in [7, 11) is 0. The van der Waals surface area contributed by atoms with E-state index in [0.29, 0.717) is 30.6 Å². The van der Waals surface area contributed by atoms with E-state index in [4.69, 9.17) is 10.00 Å². The smallest absolute Gasteiger partial charge is 0.338 e. The minimum Gasteiger partial charge on any atom is -0.462 e. The number of aliphatic hydroxyl groups excluding tert-OH is 1. The maximum atomic E-state index is 11.6.